The van der Waals surface area contributed by atoms with Crippen molar-refractivity contribution >= 4 is 5.91 Å². The lowest BCUT2D eigenvalue weighted by atomic mass is 10.1. The van der Waals surface area contributed by atoms with Gasteiger partial charge in [0.05, 0.1) is 40.0 Å². The van der Waals surface area contributed by atoms with Gasteiger partial charge in [-0.15, -0.1) is 0 Å². The van der Waals surface area contributed by atoms with E-state index in [1.165, 1.54) is 38.6 Å². The van der Waals surface area contributed by atoms with Crippen LogP contribution in [0, 0.1) is 0 Å². The number of nitrogens with one attached hydrogen (secondary N) is 2. The molecule has 6 heteroatoms. The van der Waals surface area contributed by atoms with Gasteiger partial charge in [0.25, 0.3) is 5.91 Å². The molecule has 0 unspecified atom stereocenters. The molecule has 150 valence electrons. The fraction of sp³-hybridized carbons (Fsp3) is 0.409. The summed E-state index contributed by atoms with van der Waals surface area (Å²) in [5.74, 6) is 1.26. The quantitative estimate of drug-likeness (QED) is 0.728. The van der Waals surface area contributed by atoms with Crippen LogP contribution in [0.2, 0.25) is 0 Å². The van der Waals surface area contributed by atoms with Crippen LogP contribution < -0.4 is 24.4 Å². The molecule has 1 aliphatic heterocycles. The fourth-order valence-corrected chi connectivity index (χ4v) is 3.70. The van der Waals surface area contributed by atoms with Crippen molar-refractivity contribution in [2.45, 2.75) is 25.9 Å². The number of ether oxygens (including phenoxy) is 3. The Balaban J connectivity index is 1.74. The summed E-state index contributed by atoms with van der Waals surface area (Å²) in [7, 11) is 4.63. The van der Waals surface area contributed by atoms with Gasteiger partial charge in [0, 0.05) is 37.1 Å². The average Bonchev–Trinajstić information content (AvgIpc) is 3.24. The Morgan fingerprint density at radius 1 is 0.929 bits per heavy atom. The molecule has 0 aromatic heterocycles. The van der Waals surface area contributed by atoms with Crippen LogP contribution in [0.25, 0.3) is 0 Å². The SMILES string of the molecule is COc1cc(OC)c(C(=O)NCc2ccccc2C[NH+]2CCCC2)cc1OC. The summed E-state index contributed by atoms with van der Waals surface area (Å²) in [6.45, 7) is 3.93. The maximum atomic E-state index is 12.8. The number of rotatable bonds is 8. The minimum atomic E-state index is -0.207. The number of quaternary nitrogens is 1. The molecule has 0 atom stereocenters. The summed E-state index contributed by atoms with van der Waals surface area (Å²) in [6, 6.07) is 11.6. The van der Waals surface area contributed by atoms with Crippen LogP contribution in [-0.4, -0.2) is 40.3 Å². The first-order chi connectivity index (χ1) is 13.7. The van der Waals surface area contributed by atoms with Crippen LogP contribution in [0.4, 0.5) is 0 Å². The van der Waals surface area contributed by atoms with E-state index in [-0.39, 0.29) is 5.91 Å². The van der Waals surface area contributed by atoms with Gasteiger partial charge in [-0.05, 0) is 5.56 Å². The van der Waals surface area contributed by atoms with Gasteiger partial charge < -0.3 is 24.4 Å². The average molecular weight is 385 g/mol. The Morgan fingerprint density at radius 3 is 2.18 bits per heavy atom. The van der Waals surface area contributed by atoms with E-state index < -0.39 is 0 Å². The zero-order valence-electron chi connectivity index (χ0n) is 16.8. The third-order valence-electron chi connectivity index (χ3n) is 5.26. The van der Waals surface area contributed by atoms with E-state index in [9.17, 15) is 4.79 Å². The highest BCUT2D eigenvalue weighted by Gasteiger charge is 2.19. The van der Waals surface area contributed by atoms with Gasteiger partial charge in [-0.3, -0.25) is 4.79 Å². The predicted molar refractivity (Wildman–Crippen MR) is 107 cm³/mol. The highest BCUT2D eigenvalue weighted by atomic mass is 16.5. The van der Waals surface area contributed by atoms with Gasteiger partial charge in [-0.2, -0.15) is 0 Å². The topological polar surface area (TPSA) is 61.2 Å². The minimum absolute atomic E-state index is 0.207. The van der Waals surface area contributed by atoms with Crippen LogP contribution in [0.15, 0.2) is 36.4 Å². The predicted octanol–water partition coefficient (Wildman–Crippen LogP) is 1.82. The summed E-state index contributed by atoms with van der Waals surface area (Å²) >= 11 is 0. The molecule has 1 aliphatic rings. The van der Waals surface area contributed by atoms with E-state index in [1.807, 2.05) is 6.07 Å². The van der Waals surface area contributed by atoms with Crippen LogP contribution in [0.1, 0.15) is 34.3 Å². The number of hydrogen-bond acceptors (Lipinski definition) is 4. The van der Waals surface area contributed by atoms with Crippen molar-refractivity contribution in [1.29, 1.82) is 0 Å². The Morgan fingerprint density at radius 2 is 1.54 bits per heavy atom. The molecule has 3 rings (SSSR count). The first-order valence-electron chi connectivity index (χ1n) is 9.64. The molecule has 0 saturated carbocycles. The van der Waals surface area contributed by atoms with Crippen molar-refractivity contribution in [3.63, 3.8) is 0 Å². The highest BCUT2D eigenvalue weighted by Crippen LogP contribution is 2.34. The summed E-state index contributed by atoms with van der Waals surface area (Å²) in [5.41, 5.74) is 2.86. The summed E-state index contributed by atoms with van der Waals surface area (Å²) < 4.78 is 16.0. The monoisotopic (exact) mass is 385 g/mol. The lowest BCUT2D eigenvalue weighted by Crippen LogP contribution is -3.08. The van der Waals surface area contributed by atoms with Crippen LogP contribution in [0.3, 0.4) is 0 Å². The second-order valence-electron chi connectivity index (χ2n) is 6.99. The van der Waals surface area contributed by atoms with Gasteiger partial charge in [-0.25, -0.2) is 0 Å². The molecule has 0 spiro atoms. The lowest BCUT2D eigenvalue weighted by molar-refractivity contribution is -0.901. The lowest BCUT2D eigenvalue weighted by Gasteiger charge is -2.16. The molecular formula is C22H29N2O4+. The van der Waals surface area contributed by atoms with E-state index in [0.717, 1.165) is 12.1 Å². The van der Waals surface area contributed by atoms with E-state index in [2.05, 4.69) is 23.5 Å². The van der Waals surface area contributed by atoms with Gasteiger partial charge in [-0.1, -0.05) is 24.3 Å². The molecule has 0 radical (unpaired) electrons. The molecule has 0 bridgehead atoms. The zero-order valence-corrected chi connectivity index (χ0v) is 16.8. The molecule has 2 N–H and O–H groups in total. The molecule has 0 aliphatic carbocycles. The van der Waals surface area contributed by atoms with E-state index in [1.54, 1.807) is 31.3 Å². The van der Waals surface area contributed by atoms with Crippen molar-refractivity contribution in [3.05, 3.63) is 53.1 Å². The van der Waals surface area contributed by atoms with Gasteiger partial charge in [0.2, 0.25) is 0 Å². The maximum absolute atomic E-state index is 12.8. The largest absolute Gasteiger partial charge is 0.496 e. The Bertz CT molecular complexity index is 816. The third kappa shape index (κ3) is 4.57. The number of benzene rings is 2. The molecule has 28 heavy (non-hydrogen) atoms. The summed E-state index contributed by atoms with van der Waals surface area (Å²) in [5, 5.41) is 3.02. The number of amides is 1. The van der Waals surface area contributed by atoms with Crippen molar-refractivity contribution in [2.24, 2.45) is 0 Å². The first kappa shape index (κ1) is 20.0. The number of methoxy groups -OCH3 is 3. The van der Waals surface area contributed by atoms with Gasteiger partial charge >= 0.3 is 0 Å². The molecule has 6 nitrogen and oxygen atoms in total. The standard InChI is InChI=1S/C22H28N2O4/c1-26-19-13-21(28-3)20(27-2)12-18(19)22(25)23-14-16-8-4-5-9-17(16)15-24-10-6-7-11-24/h4-5,8-9,12-13H,6-7,10-11,14-15H2,1-3H3,(H,23,25)/p+1. The Kier molecular flexibility index (Phi) is 6.76. The highest BCUT2D eigenvalue weighted by molar-refractivity contribution is 5.97. The second kappa shape index (κ2) is 9.46. The number of carbonyl (C=O) groups excluding carboxylic acids is 1. The minimum Gasteiger partial charge on any atom is -0.496 e. The number of carbonyl (C=O) groups is 1. The fourth-order valence-electron chi connectivity index (χ4n) is 3.70. The molecule has 1 heterocycles. The van der Waals surface area contributed by atoms with E-state index in [0.29, 0.717) is 29.4 Å². The summed E-state index contributed by atoms with van der Waals surface area (Å²) in [6.07, 6.45) is 2.60. The Labute approximate surface area is 166 Å². The summed E-state index contributed by atoms with van der Waals surface area (Å²) in [4.78, 5) is 14.4. The molecule has 2 aromatic carbocycles. The molecule has 1 fully saturated rings. The molecule has 1 saturated heterocycles. The van der Waals surface area contributed by atoms with Crippen molar-refractivity contribution in [1.82, 2.24) is 5.32 Å². The Hall–Kier alpha value is -2.73. The molecule has 2 aromatic rings. The van der Waals surface area contributed by atoms with Crippen molar-refractivity contribution in [3.8, 4) is 17.2 Å². The zero-order chi connectivity index (χ0) is 19.9. The van der Waals surface area contributed by atoms with Crippen LogP contribution in [-0.2, 0) is 13.1 Å². The van der Waals surface area contributed by atoms with Crippen LogP contribution >= 0.6 is 0 Å². The van der Waals surface area contributed by atoms with Crippen LogP contribution in [0.5, 0.6) is 17.2 Å². The van der Waals surface area contributed by atoms with Crippen molar-refractivity contribution < 1.29 is 23.9 Å². The number of hydrogen-bond donors (Lipinski definition) is 2. The maximum Gasteiger partial charge on any atom is 0.255 e. The normalized spacial score (nSPS) is 14.0. The van der Waals surface area contributed by atoms with Gasteiger partial charge in [0.15, 0.2) is 11.5 Å². The second-order valence-corrected chi connectivity index (χ2v) is 6.99. The third-order valence-corrected chi connectivity index (χ3v) is 5.26. The first-order valence-corrected chi connectivity index (χ1v) is 9.64. The van der Waals surface area contributed by atoms with E-state index in [4.69, 9.17) is 14.2 Å². The number of likely N-dealkylation sites (tertiary alicyclic amines) is 1. The smallest absolute Gasteiger partial charge is 0.255 e. The molecular weight excluding hydrogens is 356 g/mol. The van der Waals surface area contributed by atoms with E-state index >= 15 is 0 Å². The molecule has 1 amide bonds. The van der Waals surface area contributed by atoms with Crippen molar-refractivity contribution in [2.75, 3.05) is 34.4 Å². The van der Waals surface area contributed by atoms with Gasteiger partial charge in [0.1, 0.15) is 12.3 Å².